The number of hydrogen-bond donors (Lipinski definition) is 0. The first-order chi connectivity index (χ1) is 5.54. The van der Waals surface area contributed by atoms with Crippen molar-refractivity contribution in [2.75, 3.05) is 0 Å². The molecule has 0 aliphatic carbocycles. The molecule has 0 fully saturated rings. The van der Waals surface area contributed by atoms with E-state index in [1.165, 1.54) is 0 Å². The molecule has 76 valence electrons. The van der Waals surface area contributed by atoms with Crippen LogP contribution in [-0.2, 0) is 31.3 Å². The molecule has 0 aliphatic heterocycles. The molecular weight excluding hydrogens is 200 g/mol. The maximum absolute atomic E-state index is 10.0. The summed E-state index contributed by atoms with van der Waals surface area (Å²) in [6.07, 6.45) is 3.44. The molecule has 2 nitrogen and oxygen atoms in total. The number of rotatable bonds is 4. The van der Waals surface area contributed by atoms with E-state index in [-0.39, 0.29) is 33.3 Å². The normalized spacial score (nSPS) is 7.69. The van der Waals surface area contributed by atoms with Crippen LogP contribution in [0.15, 0.2) is 0 Å². The average Bonchev–Trinajstić information content (AvgIpc) is 1.87. The molecule has 0 saturated carbocycles. The van der Waals surface area contributed by atoms with Gasteiger partial charge in [0.15, 0.2) is 0 Å². The predicted octanol–water partition coefficient (Wildman–Crippen LogP) is 2.75. The Bertz CT molecular complexity index is 117. The second kappa shape index (κ2) is 14.6. The zero-order chi connectivity index (χ0) is 9.98. The zero-order valence-corrected chi connectivity index (χ0v) is 10.7. The van der Waals surface area contributed by atoms with E-state index >= 15 is 0 Å². The summed E-state index contributed by atoms with van der Waals surface area (Å²) in [6, 6.07) is 0. The minimum Gasteiger partial charge on any atom is -0.300 e. The molecule has 0 unspecified atom stereocenters. The van der Waals surface area contributed by atoms with Crippen LogP contribution in [0.4, 0.5) is 0 Å². The van der Waals surface area contributed by atoms with Gasteiger partial charge in [0.05, 0.1) is 0 Å². The second-order valence-corrected chi connectivity index (χ2v) is 2.90. The van der Waals surface area contributed by atoms with Crippen molar-refractivity contribution < 1.29 is 31.3 Å². The van der Waals surface area contributed by atoms with Crippen molar-refractivity contribution in [1.82, 2.24) is 0 Å². The summed E-state index contributed by atoms with van der Waals surface area (Å²) in [5.41, 5.74) is 0. The summed E-state index contributed by atoms with van der Waals surface area (Å²) >= 11 is 0. The fraction of sp³-hybridized carbons (Fsp3) is 0.800. The van der Waals surface area contributed by atoms with Crippen molar-refractivity contribution >= 4 is 11.6 Å². The van der Waals surface area contributed by atoms with Crippen LogP contribution in [0.25, 0.3) is 0 Å². The number of hydrogen-bond acceptors (Lipinski definition) is 2. The molecule has 0 aliphatic rings. The van der Waals surface area contributed by atoms with E-state index in [1.54, 1.807) is 13.8 Å². The Kier molecular flexibility index (Phi) is 21.0. The van der Waals surface area contributed by atoms with E-state index < -0.39 is 0 Å². The predicted molar refractivity (Wildman–Crippen MR) is 51.2 cm³/mol. The standard InChI is InChI=1S/2C5H10O.Ti/c2*1-3-4-5(2)6;/h2*3-4H2,1-2H3;. The maximum atomic E-state index is 10.0. The molecule has 0 N–H and O–H groups in total. The van der Waals surface area contributed by atoms with E-state index in [1.807, 2.05) is 13.8 Å². The zero-order valence-electron chi connectivity index (χ0n) is 9.14. The summed E-state index contributed by atoms with van der Waals surface area (Å²) in [5, 5.41) is 0. The summed E-state index contributed by atoms with van der Waals surface area (Å²) in [7, 11) is 0. The Morgan fingerprint density at radius 3 is 1.08 bits per heavy atom. The third kappa shape index (κ3) is 33.2. The van der Waals surface area contributed by atoms with E-state index in [9.17, 15) is 9.59 Å². The molecule has 0 aromatic carbocycles. The van der Waals surface area contributed by atoms with Crippen molar-refractivity contribution in [2.24, 2.45) is 0 Å². The Hall–Kier alpha value is 0.0543. The van der Waals surface area contributed by atoms with Crippen LogP contribution in [0.5, 0.6) is 0 Å². The van der Waals surface area contributed by atoms with Crippen LogP contribution >= 0.6 is 0 Å². The van der Waals surface area contributed by atoms with Crippen LogP contribution in [0.2, 0.25) is 0 Å². The molecule has 0 rings (SSSR count). The molecule has 0 spiro atoms. The third-order valence-electron chi connectivity index (χ3n) is 1.20. The van der Waals surface area contributed by atoms with Gasteiger partial charge in [-0.1, -0.05) is 13.8 Å². The van der Waals surface area contributed by atoms with E-state index in [4.69, 9.17) is 0 Å². The van der Waals surface area contributed by atoms with Gasteiger partial charge < -0.3 is 9.59 Å². The number of carbonyl (C=O) groups is 2. The summed E-state index contributed by atoms with van der Waals surface area (Å²) in [6.45, 7) is 7.23. The van der Waals surface area contributed by atoms with Gasteiger partial charge in [-0.15, -0.1) is 0 Å². The molecule has 0 heterocycles. The first-order valence-electron chi connectivity index (χ1n) is 4.53. The van der Waals surface area contributed by atoms with Crippen molar-refractivity contribution in [2.45, 2.75) is 53.4 Å². The van der Waals surface area contributed by atoms with Gasteiger partial charge in [0.2, 0.25) is 0 Å². The van der Waals surface area contributed by atoms with Gasteiger partial charge in [-0.2, -0.15) is 0 Å². The molecule has 0 radical (unpaired) electrons. The quantitative estimate of drug-likeness (QED) is 0.682. The Morgan fingerprint density at radius 1 is 0.846 bits per heavy atom. The van der Waals surface area contributed by atoms with Crippen molar-refractivity contribution in [3.8, 4) is 0 Å². The van der Waals surface area contributed by atoms with Crippen molar-refractivity contribution in [3.63, 3.8) is 0 Å². The van der Waals surface area contributed by atoms with Gasteiger partial charge in [-0.3, -0.25) is 0 Å². The average molecular weight is 220 g/mol. The van der Waals surface area contributed by atoms with Crippen LogP contribution in [0, 0.1) is 0 Å². The van der Waals surface area contributed by atoms with Crippen LogP contribution in [0.1, 0.15) is 53.4 Å². The molecule has 0 atom stereocenters. The maximum Gasteiger partial charge on any atom is 0.129 e. The minimum atomic E-state index is 0. The smallest absolute Gasteiger partial charge is 0.129 e. The monoisotopic (exact) mass is 220 g/mol. The number of carbonyl (C=O) groups excluding carboxylic acids is 2. The Morgan fingerprint density at radius 2 is 1.08 bits per heavy atom. The molecule has 13 heavy (non-hydrogen) atoms. The van der Waals surface area contributed by atoms with Gasteiger partial charge in [0, 0.05) is 34.6 Å². The summed E-state index contributed by atoms with van der Waals surface area (Å²) < 4.78 is 0. The Labute approximate surface area is 96.4 Å². The first kappa shape index (κ1) is 18.8. The number of ketones is 2. The minimum absolute atomic E-state index is 0. The van der Waals surface area contributed by atoms with Crippen LogP contribution in [-0.4, -0.2) is 11.6 Å². The van der Waals surface area contributed by atoms with Gasteiger partial charge in [-0.25, -0.2) is 0 Å². The first-order valence-corrected chi connectivity index (χ1v) is 4.53. The van der Waals surface area contributed by atoms with Gasteiger partial charge in [0.1, 0.15) is 11.6 Å². The fourth-order valence-corrected chi connectivity index (χ4v) is 0.704. The van der Waals surface area contributed by atoms with Crippen LogP contribution in [0.3, 0.4) is 0 Å². The molecule has 0 amide bonds. The van der Waals surface area contributed by atoms with Crippen molar-refractivity contribution in [1.29, 1.82) is 0 Å². The van der Waals surface area contributed by atoms with Crippen LogP contribution < -0.4 is 0 Å². The van der Waals surface area contributed by atoms with E-state index in [0.717, 1.165) is 25.7 Å². The SMILES string of the molecule is CCCC(C)=O.CCCC(C)=O.[Ti]. The van der Waals surface area contributed by atoms with E-state index in [2.05, 4.69) is 0 Å². The molecule has 3 heteroatoms. The molecule has 0 aromatic heterocycles. The van der Waals surface area contributed by atoms with Crippen molar-refractivity contribution in [3.05, 3.63) is 0 Å². The second-order valence-electron chi connectivity index (χ2n) is 2.90. The fourth-order valence-electron chi connectivity index (χ4n) is 0.704. The van der Waals surface area contributed by atoms with Gasteiger partial charge in [0.25, 0.3) is 0 Å². The molecule has 0 saturated heterocycles. The third-order valence-corrected chi connectivity index (χ3v) is 1.20. The molecular formula is C10H20O2Ti. The molecule has 0 aromatic rings. The van der Waals surface area contributed by atoms with Gasteiger partial charge in [-0.05, 0) is 26.7 Å². The summed E-state index contributed by atoms with van der Waals surface area (Å²) in [5.74, 6) is 0.579. The molecule has 0 bridgehead atoms. The largest absolute Gasteiger partial charge is 0.300 e. The topological polar surface area (TPSA) is 34.1 Å². The van der Waals surface area contributed by atoms with E-state index in [0.29, 0.717) is 0 Å². The Balaban J connectivity index is -0.000000143. The summed E-state index contributed by atoms with van der Waals surface area (Å²) in [4.78, 5) is 20.1. The number of Topliss-reactive ketones (excluding diaryl/α,β-unsaturated/α-hetero) is 2. The van der Waals surface area contributed by atoms with Gasteiger partial charge >= 0.3 is 0 Å².